The molecule has 1 N–H and O–H groups in total. The number of anilines is 2. The van der Waals surface area contributed by atoms with Crippen LogP contribution in [0.5, 0.6) is 0 Å². The first kappa shape index (κ1) is 19.5. The molecule has 29 heavy (non-hydrogen) atoms. The van der Waals surface area contributed by atoms with Crippen LogP contribution in [0.3, 0.4) is 0 Å². The first-order valence-corrected chi connectivity index (χ1v) is 10.2. The molecule has 1 atom stereocenters. The van der Waals surface area contributed by atoms with Gasteiger partial charge in [-0.25, -0.2) is 0 Å². The second kappa shape index (κ2) is 8.26. The zero-order valence-corrected chi connectivity index (χ0v) is 16.8. The van der Waals surface area contributed by atoms with Gasteiger partial charge in [-0.2, -0.15) is 0 Å². The smallest absolute Gasteiger partial charge is 0.256 e. The molecule has 0 radical (unpaired) electrons. The minimum absolute atomic E-state index is 0.158. The van der Waals surface area contributed by atoms with E-state index in [2.05, 4.69) is 15.5 Å². The van der Waals surface area contributed by atoms with Gasteiger partial charge in [0, 0.05) is 13.7 Å². The summed E-state index contributed by atoms with van der Waals surface area (Å²) < 4.78 is 5.00. The predicted octanol–water partition coefficient (Wildman–Crippen LogP) is 1.66. The molecule has 0 saturated carbocycles. The summed E-state index contributed by atoms with van der Waals surface area (Å²) in [5, 5.41) is 11.5. The van der Waals surface area contributed by atoms with Gasteiger partial charge in [-0.3, -0.25) is 19.7 Å². The molecule has 0 spiro atoms. The molecule has 2 aliphatic rings. The Morgan fingerprint density at radius 2 is 2.10 bits per heavy atom. The SMILES string of the molecule is COCc1nnc(NC(=O)CN2C(=O)[C@H]3CCCCN3C(=O)c3ccccc32)s1. The highest BCUT2D eigenvalue weighted by Gasteiger charge is 2.41. The lowest BCUT2D eigenvalue weighted by Crippen LogP contribution is -2.52. The summed E-state index contributed by atoms with van der Waals surface area (Å²) in [5.74, 6) is -0.782. The van der Waals surface area contributed by atoms with Crippen molar-refractivity contribution >= 4 is 39.9 Å². The number of rotatable bonds is 5. The fraction of sp³-hybridized carbons (Fsp3) is 0.421. The van der Waals surface area contributed by atoms with Crippen LogP contribution < -0.4 is 10.2 Å². The van der Waals surface area contributed by atoms with Gasteiger partial charge in [0.25, 0.3) is 5.91 Å². The number of fused-ring (bicyclic) bond motifs is 2. The monoisotopic (exact) mass is 415 g/mol. The third-order valence-corrected chi connectivity index (χ3v) is 5.83. The van der Waals surface area contributed by atoms with Gasteiger partial charge in [0.05, 0.1) is 11.3 Å². The zero-order valence-electron chi connectivity index (χ0n) is 16.0. The van der Waals surface area contributed by atoms with Crippen LogP contribution in [0.25, 0.3) is 0 Å². The number of carbonyl (C=O) groups excluding carboxylic acids is 3. The highest BCUT2D eigenvalue weighted by Crippen LogP contribution is 2.31. The minimum Gasteiger partial charge on any atom is -0.377 e. The first-order chi connectivity index (χ1) is 14.1. The van der Waals surface area contributed by atoms with Gasteiger partial charge >= 0.3 is 0 Å². The van der Waals surface area contributed by atoms with Crippen molar-refractivity contribution in [2.75, 3.05) is 30.4 Å². The molecule has 4 rings (SSSR count). The molecule has 2 aliphatic heterocycles. The third kappa shape index (κ3) is 3.85. The number of carbonyl (C=O) groups is 3. The second-order valence-corrected chi connectivity index (χ2v) is 8.00. The molecule has 9 nitrogen and oxygen atoms in total. The van der Waals surface area contributed by atoms with E-state index in [-0.39, 0.29) is 18.4 Å². The highest BCUT2D eigenvalue weighted by atomic mass is 32.1. The third-order valence-electron chi connectivity index (χ3n) is 5.02. The van der Waals surface area contributed by atoms with E-state index in [1.165, 1.54) is 16.2 Å². The Bertz CT molecular complexity index is 946. The number of ether oxygens (including phenoxy) is 1. The lowest BCUT2D eigenvalue weighted by atomic mass is 10.0. The Morgan fingerprint density at radius 1 is 1.28 bits per heavy atom. The summed E-state index contributed by atoms with van der Waals surface area (Å²) in [7, 11) is 1.55. The molecule has 1 saturated heterocycles. The molecule has 10 heteroatoms. The molecule has 0 aliphatic carbocycles. The van der Waals surface area contributed by atoms with Gasteiger partial charge in [0.2, 0.25) is 16.9 Å². The number of nitrogens with zero attached hydrogens (tertiary/aromatic N) is 4. The molecular formula is C19H21N5O4S. The first-order valence-electron chi connectivity index (χ1n) is 9.41. The molecule has 1 aromatic carbocycles. The predicted molar refractivity (Wildman–Crippen MR) is 107 cm³/mol. The Kier molecular flexibility index (Phi) is 5.54. The molecule has 3 heterocycles. The van der Waals surface area contributed by atoms with Gasteiger partial charge in [-0.15, -0.1) is 10.2 Å². The Balaban J connectivity index is 1.59. The van der Waals surface area contributed by atoms with Gasteiger partial charge in [0.15, 0.2) is 0 Å². The van der Waals surface area contributed by atoms with Crippen molar-refractivity contribution in [2.24, 2.45) is 0 Å². The summed E-state index contributed by atoms with van der Waals surface area (Å²) in [4.78, 5) is 42.0. The fourth-order valence-corrected chi connectivity index (χ4v) is 4.45. The van der Waals surface area contributed by atoms with Crippen LogP contribution in [0.1, 0.15) is 34.6 Å². The van der Waals surface area contributed by atoms with E-state index in [1.807, 2.05) is 0 Å². The lowest BCUT2D eigenvalue weighted by Gasteiger charge is -2.34. The number of hydrogen-bond donors (Lipinski definition) is 1. The maximum absolute atomic E-state index is 13.3. The fourth-order valence-electron chi connectivity index (χ4n) is 3.73. The Hall–Kier alpha value is -2.85. The molecule has 3 amide bonds. The van der Waals surface area contributed by atoms with Gasteiger partial charge in [0.1, 0.15) is 24.2 Å². The standard InChI is InChI=1S/C19H21N5O4S/c1-28-11-16-21-22-19(29-16)20-15(25)10-24-13-7-3-2-6-12(13)17(26)23-9-5-4-8-14(23)18(24)27/h2-3,6-7,14H,4-5,8-11H2,1H3,(H,20,22,25)/t14-/m1/s1. The van der Waals surface area contributed by atoms with Gasteiger partial charge in [-0.1, -0.05) is 23.5 Å². The van der Waals surface area contributed by atoms with Crippen molar-refractivity contribution in [3.05, 3.63) is 34.8 Å². The van der Waals surface area contributed by atoms with Gasteiger partial charge in [-0.05, 0) is 31.4 Å². The van der Waals surface area contributed by atoms with E-state index in [4.69, 9.17) is 4.74 Å². The highest BCUT2D eigenvalue weighted by molar-refractivity contribution is 7.15. The summed E-state index contributed by atoms with van der Waals surface area (Å²) >= 11 is 1.21. The van der Waals surface area contributed by atoms with Gasteiger partial charge < -0.3 is 14.5 Å². The van der Waals surface area contributed by atoms with Crippen LogP contribution in [-0.2, 0) is 20.9 Å². The van der Waals surface area contributed by atoms with Crippen LogP contribution >= 0.6 is 11.3 Å². The van der Waals surface area contributed by atoms with Crippen LogP contribution in [0.15, 0.2) is 24.3 Å². The molecule has 2 aromatic rings. The van der Waals surface area contributed by atoms with E-state index in [9.17, 15) is 14.4 Å². The topological polar surface area (TPSA) is 105 Å². The van der Waals surface area contributed by atoms with Crippen LogP contribution in [-0.4, -0.2) is 59.1 Å². The number of methoxy groups -OCH3 is 1. The summed E-state index contributed by atoms with van der Waals surface area (Å²) in [6.07, 6.45) is 2.36. The van der Waals surface area contributed by atoms with Crippen molar-refractivity contribution in [3.63, 3.8) is 0 Å². The number of para-hydroxylation sites is 1. The molecule has 0 unspecified atom stereocenters. The van der Waals surface area contributed by atoms with Crippen LogP contribution in [0.2, 0.25) is 0 Å². The second-order valence-electron chi connectivity index (χ2n) is 6.93. The average molecular weight is 415 g/mol. The van der Waals surface area contributed by atoms with E-state index in [0.29, 0.717) is 41.0 Å². The largest absolute Gasteiger partial charge is 0.377 e. The van der Waals surface area contributed by atoms with E-state index >= 15 is 0 Å². The van der Waals surface area contributed by atoms with E-state index in [0.717, 1.165) is 12.8 Å². The maximum atomic E-state index is 13.3. The molecule has 1 fully saturated rings. The number of aromatic nitrogens is 2. The number of hydrogen-bond acceptors (Lipinski definition) is 7. The van der Waals surface area contributed by atoms with E-state index < -0.39 is 11.9 Å². The number of benzene rings is 1. The van der Waals surface area contributed by atoms with Crippen molar-refractivity contribution in [2.45, 2.75) is 31.9 Å². The normalized spacial score (nSPS) is 18.9. The number of piperidine rings is 1. The molecular weight excluding hydrogens is 394 g/mol. The summed E-state index contributed by atoms with van der Waals surface area (Å²) in [6, 6.07) is 6.40. The zero-order chi connectivity index (χ0) is 20.4. The van der Waals surface area contributed by atoms with Crippen molar-refractivity contribution in [1.29, 1.82) is 0 Å². The minimum atomic E-state index is -0.536. The summed E-state index contributed by atoms with van der Waals surface area (Å²) in [6.45, 7) is 0.661. The average Bonchev–Trinajstić information content (AvgIpc) is 3.15. The summed E-state index contributed by atoms with van der Waals surface area (Å²) in [5.41, 5.74) is 0.903. The quantitative estimate of drug-likeness (QED) is 0.796. The molecule has 1 aromatic heterocycles. The van der Waals surface area contributed by atoms with Crippen molar-refractivity contribution < 1.29 is 19.1 Å². The van der Waals surface area contributed by atoms with E-state index in [1.54, 1.807) is 36.3 Å². The Morgan fingerprint density at radius 3 is 2.93 bits per heavy atom. The number of nitrogens with one attached hydrogen (secondary N) is 1. The Labute approximate surface area is 171 Å². The lowest BCUT2D eigenvalue weighted by molar-refractivity contribution is -0.125. The maximum Gasteiger partial charge on any atom is 0.256 e. The molecule has 0 bridgehead atoms. The number of amides is 3. The van der Waals surface area contributed by atoms with Crippen LogP contribution in [0, 0.1) is 0 Å². The van der Waals surface area contributed by atoms with Crippen LogP contribution in [0.4, 0.5) is 10.8 Å². The van der Waals surface area contributed by atoms with Crippen molar-refractivity contribution in [1.82, 2.24) is 15.1 Å². The molecule has 152 valence electrons. The van der Waals surface area contributed by atoms with Crippen molar-refractivity contribution in [3.8, 4) is 0 Å².